The van der Waals surface area contributed by atoms with E-state index in [-0.39, 0.29) is 0 Å². The monoisotopic (exact) mass is 324 g/mol. The Morgan fingerprint density at radius 1 is 1.00 bits per heavy atom. The zero-order chi connectivity index (χ0) is 16.1. The van der Waals surface area contributed by atoms with Crippen LogP contribution in [0.1, 0.15) is 19.4 Å². The molecule has 2 aromatic carbocycles. The van der Waals surface area contributed by atoms with Crippen molar-refractivity contribution in [1.29, 1.82) is 0 Å². The highest BCUT2D eigenvalue weighted by atomic mass is 32.1. The van der Waals surface area contributed by atoms with Crippen molar-refractivity contribution in [2.24, 2.45) is 0 Å². The normalized spacial score (nSPS) is 10.5. The van der Waals surface area contributed by atoms with Gasteiger partial charge in [-0.2, -0.15) is 0 Å². The molecule has 0 aliphatic rings. The Morgan fingerprint density at radius 3 is 2.39 bits per heavy atom. The summed E-state index contributed by atoms with van der Waals surface area (Å²) in [5.74, 6) is 0.883. The minimum absolute atomic E-state index is 0.680. The first-order chi connectivity index (χ1) is 11.3. The van der Waals surface area contributed by atoms with Gasteiger partial charge in [0, 0.05) is 16.6 Å². The number of anilines is 2. The fourth-order valence-corrected chi connectivity index (χ4v) is 3.04. The molecule has 23 heavy (non-hydrogen) atoms. The molecule has 0 unspecified atom stereocenters. The van der Waals surface area contributed by atoms with Gasteiger partial charge in [0.05, 0.1) is 12.3 Å². The maximum absolute atomic E-state index is 5.45. The van der Waals surface area contributed by atoms with Gasteiger partial charge in [0.2, 0.25) is 0 Å². The van der Waals surface area contributed by atoms with Crippen molar-refractivity contribution < 1.29 is 4.74 Å². The van der Waals surface area contributed by atoms with Gasteiger partial charge < -0.3 is 10.1 Å². The summed E-state index contributed by atoms with van der Waals surface area (Å²) in [7, 11) is 0. The van der Waals surface area contributed by atoms with Gasteiger partial charge in [-0.15, -0.1) is 11.3 Å². The molecular formula is C19H20N2OS. The lowest BCUT2D eigenvalue weighted by Gasteiger charge is -2.05. The Kier molecular flexibility index (Phi) is 4.93. The molecule has 3 nitrogen and oxygen atoms in total. The van der Waals surface area contributed by atoms with E-state index in [2.05, 4.69) is 46.9 Å². The quantitative estimate of drug-likeness (QED) is 0.648. The van der Waals surface area contributed by atoms with Crippen LogP contribution >= 0.6 is 11.3 Å². The number of nitrogens with zero attached hydrogens (tertiary/aromatic N) is 1. The lowest BCUT2D eigenvalue weighted by Crippen LogP contribution is -1.92. The molecule has 0 spiro atoms. The van der Waals surface area contributed by atoms with E-state index in [9.17, 15) is 0 Å². The van der Waals surface area contributed by atoms with Crippen LogP contribution < -0.4 is 10.1 Å². The summed E-state index contributed by atoms with van der Waals surface area (Å²) in [5, 5.41) is 6.31. The maximum Gasteiger partial charge on any atom is 0.187 e. The SMILES string of the molecule is CCOc1ccc(Nc2nc(-c3ccc(CC)cc3)cs2)cc1. The van der Waals surface area contributed by atoms with E-state index in [4.69, 9.17) is 4.74 Å². The van der Waals surface area contributed by atoms with Crippen molar-refractivity contribution in [1.82, 2.24) is 4.98 Å². The van der Waals surface area contributed by atoms with Crippen molar-refractivity contribution in [2.45, 2.75) is 20.3 Å². The van der Waals surface area contributed by atoms with Gasteiger partial charge >= 0.3 is 0 Å². The molecule has 118 valence electrons. The number of aryl methyl sites for hydroxylation is 1. The highest BCUT2D eigenvalue weighted by Crippen LogP contribution is 2.28. The summed E-state index contributed by atoms with van der Waals surface area (Å²) in [6.07, 6.45) is 1.06. The largest absolute Gasteiger partial charge is 0.494 e. The molecule has 0 radical (unpaired) electrons. The van der Waals surface area contributed by atoms with E-state index in [1.54, 1.807) is 11.3 Å². The summed E-state index contributed by atoms with van der Waals surface area (Å²) in [5.41, 5.74) is 4.51. The number of thiazole rings is 1. The van der Waals surface area contributed by atoms with E-state index >= 15 is 0 Å². The van der Waals surface area contributed by atoms with Crippen LogP contribution in [0.25, 0.3) is 11.3 Å². The van der Waals surface area contributed by atoms with E-state index in [0.29, 0.717) is 6.61 Å². The van der Waals surface area contributed by atoms with Gasteiger partial charge in [-0.25, -0.2) is 4.98 Å². The van der Waals surface area contributed by atoms with Crippen molar-refractivity contribution in [3.8, 4) is 17.0 Å². The molecule has 0 bridgehead atoms. The van der Waals surface area contributed by atoms with Crippen LogP contribution in [0.15, 0.2) is 53.9 Å². The number of nitrogens with one attached hydrogen (secondary N) is 1. The Labute approximate surface area is 141 Å². The average molecular weight is 324 g/mol. The first-order valence-electron chi connectivity index (χ1n) is 7.83. The third kappa shape index (κ3) is 3.90. The third-order valence-corrected chi connectivity index (χ3v) is 4.34. The Hall–Kier alpha value is -2.33. The first-order valence-corrected chi connectivity index (χ1v) is 8.71. The zero-order valence-electron chi connectivity index (χ0n) is 13.4. The van der Waals surface area contributed by atoms with Crippen LogP contribution in [-0.2, 0) is 6.42 Å². The van der Waals surface area contributed by atoms with E-state index in [0.717, 1.165) is 34.2 Å². The fraction of sp³-hybridized carbons (Fsp3) is 0.211. The second kappa shape index (κ2) is 7.29. The van der Waals surface area contributed by atoms with Crippen LogP contribution in [0.3, 0.4) is 0 Å². The summed E-state index contributed by atoms with van der Waals surface area (Å²) in [6, 6.07) is 16.5. The minimum Gasteiger partial charge on any atom is -0.494 e. The Balaban J connectivity index is 1.71. The minimum atomic E-state index is 0.680. The van der Waals surface area contributed by atoms with Crippen molar-refractivity contribution in [3.63, 3.8) is 0 Å². The fourth-order valence-electron chi connectivity index (χ4n) is 2.30. The molecule has 0 amide bonds. The standard InChI is InChI=1S/C19H20N2OS/c1-3-14-5-7-15(8-6-14)18-13-23-19(21-18)20-16-9-11-17(12-10-16)22-4-2/h5-13H,3-4H2,1-2H3,(H,20,21). The molecule has 4 heteroatoms. The molecule has 0 saturated carbocycles. The number of hydrogen-bond donors (Lipinski definition) is 1. The molecule has 0 aliphatic heterocycles. The summed E-state index contributed by atoms with van der Waals surface area (Å²) in [4.78, 5) is 4.67. The highest BCUT2D eigenvalue weighted by Gasteiger charge is 2.05. The highest BCUT2D eigenvalue weighted by molar-refractivity contribution is 7.14. The molecule has 0 saturated heterocycles. The second-order valence-corrected chi connectivity index (χ2v) is 6.03. The van der Waals surface area contributed by atoms with Crippen LogP contribution in [0.2, 0.25) is 0 Å². The van der Waals surface area contributed by atoms with Crippen molar-refractivity contribution in [2.75, 3.05) is 11.9 Å². The number of ether oxygens (including phenoxy) is 1. The van der Waals surface area contributed by atoms with E-state index in [1.165, 1.54) is 5.56 Å². The molecule has 0 fully saturated rings. The van der Waals surface area contributed by atoms with Gasteiger partial charge in [-0.1, -0.05) is 31.2 Å². The molecule has 0 aliphatic carbocycles. The molecule has 3 aromatic rings. The van der Waals surface area contributed by atoms with E-state index in [1.807, 2.05) is 31.2 Å². The summed E-state index contributed by atoms with van der Waals surface area (Å²) >= 11 is 1.61. The second-order valence-electron chi connectivity index (χ2n) is 5.17. The molecule has 1 aromatic heterocycles. The Bertz CT molecular complexity index is 748. The van der Waals surface area contributed by atoms with Gasteiger partial charge in [-0.3, -0.25) is 0 Å². The number of benzene rings is 2. The summed E-state index contributed by atoms with van der Waals surface area (Å²) < 4.78 is 5.45. The Morgan fingerprint density at radius 2 is 1.74 bits per heavy atom. The smallest absolute Gasteiger partial charge is 0.187 e. The first kappa shape index (κ1) is 15.6. The lowest BCUT2D eigenvalue weighted by atomic mass is 10.1. The van der Waals surface area contributed by atoms with Gasteiger partial charge in [-0.05, 0) is 43.2 Å². The van der Waals surface area contributed by atoms with Crippen LogP contribution in [0.4, 0.5) is 10.8 Å². The predicted molar refractivity (Wildman–Crippen MR) is 97.8 cm³/mol. The van der Waals surface area contributed by atoms with Crippen LogP contribution in [0, 0.1) is 0 Å². The number of hydrogen-bond acceptors (Lipinski definition) is 4. The average Bonchev–Trinajstić information content (AvgIpc) is 3.05. The molecule has 0 atom stereocenters. The molecule has 1 heterocycles. The van der Waals surface area contributed by atoms with Gasteiger partial charge in [0.25, 0.3) is 0 Å². The van der Waals surface area contributed by atoms with Crippen LogP contribution in [0.5, 0.6) is 5.75 Å². The lowest BCUT2D eigenvalue weighted by molar-refractivity contribution is 0.340. The zero-order valence-corrected chi connectivity index (χ0v) is 14.2. The van der Waals surface area contributed by atoms with Gasteiger partial charge in [0.1, 0.15) is 5.75 Å². The predicted octanol–water partition coefficient (Wildman–Crippen LogP) is 5.51. The summed E-state index contributed by atoms with van der Waals surface area (Å²) in [6.45, 7) is 4.83. The number of aromatic nitrogens is 1. The van der Waals surface area contributed by atoms with Crippen LogP contribution in [-0.4, -0.2) is 11.6 Å². The van der Waals surface area contributed by atoms with Gasteiger partial charge in [0.15, 0.2) is 5.13 Å². The van der Waals surface area contributed by atoms with E-state index < -0.39 is 0 Å². The topological polar surface area (TPSA) is 34.1 Å². The number of rotatable bonds is 6. The third-order valence-electron chi connectivity index (χ3n) is 3.58. The maximum atomic E-state index is 5.45. The van der Waals surface area contributed by atoms with Crippen molar-refractivity contribution in [3.05, 3.63) is 59.5 Å². The molecule has 1 N–H and O–H groups in total. The van der Waals surface area contributed by atoms with Crippen molar-refractivity contribution >= 4 is 22.2 Å². The molecular weight excluding hydrogens is 304 g/mol. The molecule has 3 rings (SSSR count).